The highest BCUT2D eigenvalue weighted by Gasteiger charge is 2.34. The fraction of sp³-hybridized carbons (Fsp3) is 0.571. The average Bonchev–Trinajstić information content (AvgIpc) is 2.86. The fourth-order valence-electron chi connectivity index (χ4n) is 2.74. The normalized spacial score (nSPS) is 20.3. The fourth-order valence-corrected chi connectivity index (χ4v) is 4.64. The van der Waals surface area contributed by atoms with Crippen molar-refractivity contribution >= 4 is 15.7 Å². The molecule has 1 N–H and O–H groups in total. The van der Waals surface area contributed by atoms with Gasteiger partial charge in [-0.25, -0.2) is 8.42 Å². The summed E-state index contributed by atoms with van der Waals surface area (Å²) in [6.07, 6.45) is 0.754. The van der Waals surface area contributed by atoms with Gasteiger partial charge in [0.2, 0.25) is 10.0 Å². The molecule has 1 aliphatic rings. The van der Waals surface area contributed by atoms with Crippen LogP contribution >= 0.6 is 0 Å². The van der Waals surface area contributed by atoms with Crippen LogP contribution in [0.2, 0.25) is 0 Å². The molecule has 1 saturated heterocycles. The van der Waals surface area contributed by atoms with Crippen molar-refractivity contribution in [1.82, 2.24) is 4.31 Å². The van der Waals surface area contributed by atoms with Crippen molar-refractivity contribution in [2.75, 3.05) is 32.6 Å². The number of aryl methyl sites for hydroxylation is 2. The van der Waals surface area contributed by atoms with Crippen molar-refractivity contribution in [3.8, 4) is 0 Å². The molecule has 1 heterocycles. The van der Waals surface area contributed by atoms with Crippen molar-refractivity contribution in [3.63, 3.8) is 0 Å². The Morgan fingerprint density at radius 2 is 1.90 bits per heavy atom. The van der Waals surface area contributed by atoms with Crippen LogP contribution in [0.4, 0.5) is 5.69 Å². The third-order valence-corrected chi connectivity index (χ3v) is 5.96. The Bertz CT molecular complexity index is 575. The van der Waals surface area contributed by atoms with Gasteiger partial charge >= 0.3 is 0 Å². The first-order chi connectivity index (χ1) is 9.40. The van der Waals surface area contributed by atoms with Crippen molar-refractivity contribution in [3.05, 3.63) is 23.3 Å². The van der Waals surface area contributed by atoms with Crippen LogP contribution in [0.3, 0.4) is 0 Å². The van der Waals surface area contributed by atoms with Gasteiger partial charge in [-0.1, -0.05) is 0 Å². The standard InChI is InChI=1S/C14H22N2O3S/c1-10-7-12(15-3)8-11(2)14(10)20(17,18)16-6-5-13(9-16)19-4/h7-8,13,15H,5-6,9H2,1-4H3. The zero-order valence-corrected chi connectivity index (χ0v) is 13.3. The summed E-state index contributed by atoms with van der Waals surface area (Å²) in [7, 11) is 0.00696. The minimum absolute atomic E-state index is 0.00182. The van der Waals surface area contributed by atoms with E-state index in [0.29, 0.717) is 18.0 Å². The van der Waals surface area contributed by atoms with Gasteiger partial charge in [-0.05, 0) is 43.5 Å². The molecule has 20 heavy (non-hydrogen) atoms. The highest BCUT2D eigenvalue weighted by atomic mass is 32.2. The number of nitrogens with one attached hydrogen (secondary N) is 1. The quantitative estimate of drug-likeness (QED) is 0.920. The number of ether oxygens (including phenoxy) is 1. The van der Waals surface area contributed by atoms with Crippen LogP contribution in [0.5, 0.6) is 0 Å². The third kappa shape index (κ3) is 2.68. The van der Waals surface area contributed by atoms with Crippen molar-refractivity contribution in [2.24, 2.45) is 0 Å². The highest BCUT2D eigenvalue weighted by Crippen LogP contribution is 2.29. The van der Waals surface area contributed by atoms with Gasteiger partial charge in [-0.2, -0.15) is 4.31 Å². The second-order valence-electron chi connectivity index (χ2n) is 5.20. The van der Waals surface area contributed by atoms with E-state index in [1.807, 2.05) is 33.0 Å². The van der Waals surface area contributed by atoms with Crippen molar-refractivity contribution < 1.29 is 13.2 Å². The van der Waals surface area contributed by atoms with Gasteiger partial charge in [0.25, 0.3) is 0 Å². The number of hydrogen-bond donors (Lipinski definition) is 1. The summed E-state index contributed by atoms with van der Waals surface area (Å²) >= 11 is 0. The Labute approximate surface area is 121 Å². The van der Waals surface area contributed by atoms with Gasteiger partial charge in [0.1, 0.15) is 0 Å². The Balaban J connectivity index is 2.40. The Kier molecular flexibility index (Phi) is 4.36. The molecule has 0 aromatic heterocycles. The molecule has 0 radical (unpaired) electrons. The molecule has 112 valence electrons. The SMILES string of the molecule is CNc1cc(C)c(S(=O)(=O)N2CCC(OC)C2)c(C)c1. The third-order valence-electron chi connectivity index (χ3n) is 3.79. The number of anilines is 1. The molecule has 0 spiro atoms. The van der Waals surface area contributed by atoms with Crippen LogP contribution in [-0.4, -0.2) is 46.1 Å². The predicted molar refractivity (Wildman–Crippen MR) is 79.6 cm³/mol. The molecule has 5 nitrogen and oxygen atoms in total. The molecule has 0 aliphatic carbocycles. The van der Waals surface area contributed by atoms with Gasteiger partial charge in [0.15, 0.2) is 0 Å². The van der Waals surface area contributed by atoms with Crippen LogP contribution in [0.1, 0.15) is 17.5 Å². The Morgan fingerprint density at radius 3 is 2.35 bits per heavy atom. The van der Waals surface area contributed by atoms with Crippen LogP contribution < -0.4 is 5.32 Å². The highest BCUT2D eigenvalue weighted by molar-refractivity contribution is 7.89. The van der Waals surface area contributed by atoms with Gasteiger partial charge < -0.3 is 10.1 Å². The molecule has 6 heteroatoms. The van der Waals surface area contributed by atoms with Crippen molar-refractivity contribution in [1.29, 1.82) is 0 Å². The summed E-state index contributed by atoms with van der Waals surface area (Å²) in [4.78, 5) is 0.424. The lowest BCUT2D eigenvalue weighted by atomic mass is 10.1. The number of methoxy groups -OCH3 is 1. The van der Waals surface area contributed by atoms with Gasteiger partial charge in [-0.3, -0.25) is 0 Å². The maximum Gasteiger partial charge on any atom is 0.243 e. The van der Waals surface area contributed by atoms with E-state index in [-0.39, 0.29) is 6.10 Å². The molecular formula is C14H22N2O3S. The zero-order chi connectivity index (χ0) is 14.9. The first-order valence-corrected chi connectivity index (χ1v) is 8.16. The zero-order valence-electron chi connectivity index (χ0n) is 12.4. The molecule has 0 bridgehead atoms. The summed E-state index contributed by atoms with van der Waals surface area (Å²) in [5.41, 5.74) is 2.47. The van der Waals surface area contributed by atoms with Crippen LogP contribution in [0, 0.1) is 13.8 Å². The van der Waals surface area contributed by atoms with E-state index in [2.05, 4.69) is 5.32 Å². The first kappa shape index (κ1) is 15.3. The van der Waals surface area contributed by atoms with Gasteiger partial charge in [0.05, 0.1) is 11.0 Å². The summed E-state index contributed by atoms with van der Waals surface area (Å²) in [5.74, 6) is 0. The summed E-state index contributed by atoms with van der Waals surface area (Å²) < 4.78 is 32.4. The molecule has 1 aromatic carbocycles. The van der Waals surface area contributed by atoms with Crippen molar-refractivity contribution in [2.45, 2.75) is 31.3 Å². The second-order valence-corrected chi connectivity index (χ2v) is 7.07. The maximum absolute atomic E-state index is 12.8. The van der Waals surface area contributed by atoms with E-state index in [1.54, 1.807) is 7.11 Å². The molecule has 0 saturated carbocycles. The van der Waals surface area contributed by atoms with E-state index < -0.39 is 10.0 Å². The topological polar surface area (TPSA) is 58.6 Å². The smallest absolute Gasteiger partial charge is 0.243 e. The number of hydrogen-bond acceptors (Lipinski definition) is 4. The lowest BCUT2D eigenvalue weighted by Gasteiger charge is -2.20. The van der Waals surface area contributed by atoms with Gasteiger partial charge in [0, 0.05) is 32.9 Å². The molecule has 1 aromatic rings. The number of rotatable bonds is 4. The molecule has 0 amide bonds. The summed E-state index contributed by atoms with van der Waals surface area (Å²) in [5, 5.41) is 3.04. The van der Waals surface area contributed by atoms with E-state index in [0.717, 1.165) is 23.2 Å². The van der Waals surface area contributed by atoms with E-state index in [1.165, 1.54) is 4.31 Å². The second kappa shape index (κ2) is 5.71. The number of sulfonamides is 1. The van der Waals surface area contributed by atoms with Crippen LogP contribution in [0.25, 0.3) is 0 Å². The minimum atomic E-state index is -3.44. The van der Waals surface area contributed by atoms with E-state index >= 15 is 0 Å². The number of nitrogens with zero attached hydrogens (tertiary/aromatic N) is 1. The lowest BCUT2D eigenvalue weighted by molar-refractivity contribution is 0.115. The molecule has 2 rings (SSSR count). The largest absolute Gasteiger partial charge is 0.388 e. The summed E-state index contributed by atoms with van der Waals surface area (Å²) in [6, 6.07) is 3.73. The van der Waals surface area contributed by atoms with E-state index in [4.69, 9.17) is 4.74 Å². The van der Waals surface area contributed by atoms with Crippen LogP contribution in [0.15, 0.2) is 17.0 Å². The first-order valence-electron chi connectivity index (χ1n) is 6.72. The van der Waals surface area contributed by atoms with Crippen LogP contribution in [-0.2, 0) is 14.8 Å². The summed E-state index contributed by atoms with van der Waals surface area (Å²) in [6.45, 7) is 4.63. The monoisotopic (exact) mass is 298 g/mol. The Hall–Kier alpha value is -1.11. The molecular weight excluding hydrogens is 276 g/mol. The lowest BCUT2D eigenvalue weighted by Crippen LogP contribution is -2.31. The van der Waals surface area contributed by atoms with Gasteiger partial charge in [-0.15, -0.1) is 0 Å². The average molecular weight is 298 g/mol. The predicted octanol–water partition coefficient (Wildman–Crippen LogP) is 1.75. The molecule has 1 aliphatic heterocycles. The molecule has 1 atom stereocenters. The Morgan fingerprint density at radius 1 is 1.30 bits per heavy atom. The maximum atomic E-state index is 12.8. The van der Waals surface area contributed by atoms with E-state index in [9.17, 15) is 8.42 Å². The molecule has 1 fully saturated rings. The molecule has 1 unspecified atom stereocenters. The number of benzene rings is 1. The minimum Gasteiger partial charge on any atom is -0.388 e.